The first kappa shape index (κ1) is 19.7. The SMILES string of the molecule is CCCCNC(N)=NCc1csc(-c2ccc(OC)cc2)n1.I. The molecule has 126 valence electrons. The van der Waals surface area contributed by atoms with Crippen molar-refractivity contribution in [3.63, 3.8) is 0 Å². The zero-order valence-electron chi connectivity index (χ0n) is 13.4. The smallest absolute Gasteiger partial charge is 0.188 e. The first-order valence-electron chi connectivity index (χ1n) is 7.35. The first-order valence-corrected chi connectivity index (χ1v) is 8.23. The number of nitrogens with two attached hydrogens (primary N) is 1. The molecule has 0 saturated carbocycles. The Balaban J connectivity index is 0.00000264. The molecule has 0 bridgehead atoms. The van der Waals surface area contributed by atoms with Crippen molar-refractivity contribution >= 4 is 41.3 Å². The van der Waals surface area contributed by atoms with Crippen LogP contribution >= 0.6 is 35.3 Å². The Morgan fingerprint density at radius 3 is 2.74 bits per heavy atom. The van der Waals surface area contributed by atoms with Gasteiger partial charge in [-0.25, -0.2) is 9.98 Å². The topological polar surface area (TPSA) is 72.5 Å². The van der Waals surface area contributed by atoms with Crippen molar-refractivity contribution in [2.24, 2.45) is 10.7 Å². The molecular weight excluding hydrogens is 423 g/mol. The molecule has 5 nitrogen and oxygen atoms in total. The van der Waals surface area contributed by atoms with E-state index in [0.717, 1.165) is 41.4 Å². The van der Waals surface area contributed by atoms with E-state index in [0.29, 0.717) is 12.5 Å². The summed E-state index contributed by atoms with van der Waals surface area (Å²) < 4.78 is 5.16. The Morgan fingerprint density at radius 1 is 1.35 bits per heavy atom. The largest absolute Gasteiger partial charge is 0.497 e. The van der Waals surface area contributed by atoms with E-state index in [1.807, 2.05) is 29.6 Å². The van der Waals surface area contributed by atoms with Crippen LogP contribution in [-0.2, 0) is 6.54 Å². The van der Waals surface area contributed by atoms with Gasteiger partial charge in [-0.2, -0.15) is 0 Å². The van der Waals surface area contributed by atoms with Crippen molar-refractivity contribution in [3.8, 4) is 16.3 Å². The molecule has 0 radical (unpaired) electrons. The van der Waals surface area contributed by atoms with Crippen LogP contribution in [0.4, 0.5) is 0 Å². The lowest BCUT2D eigenvalue weighted by Crippen LogP contribution is -2.32. The minimum Gasteiger partial charge on any atom is -0.497 e. The van der Waals surface area contributed by atoms with Crippen molar-refractivity contribution < 1.29 is 4.74 Å². The summed E-state index contributed by atoms with van der Waals surface area (Å²) in [5.41, 5.74) is 7.82. The van der Waals surface area contributed by atoms with Gasteiger partial charge >= 0.3 is 0 Å². The predicted octanol–water partition coefficient (Wildman–Crippen LogP) is 3.64. The third kappa shape index (κ3) is 6.34. The van der Waals surface area contributed by atoms with Crippen LogP contribution in [0.15, 0.2) is 34.6 Å². The van der Waals surface area contributed by atoms with E-state index in [1.165, 1.54) is 0 Å². The van der Waals surface area contributed by atoms with E-state index >= 15 is 0 Å². The summed E-state index contributed by atoms with van der Waals surface area (Å²) in [5, 5.41) is 6.09. The quantitative estimate of drug-likeness (QED) is 0.295. The summed E-state index contributed by atoms with van der Waals surface area (Å²) in [6, 6.07) is 7.88. The molecule has 0 unspecified atom stereocenters. The van der Waals surface area contributed by atoms with E-state index in [2.05, 4.69) is 22.2 Å². The highest BCUT2D eigenvalue weighted by Crippen LogP contribution is 2.25. The van der Waals surface area contributed by atoms with Crippen LogP contribution in [0.3, 0.4) is 0 Å². The van der Waals surface area contributed by atoms with E-state index < -0.39 is 0 Å². The lowest BCUT2D eigenvalue weighted by atomic mass is 10.2. The highest BCUT2D eigenvalue weighted by atomic mass is 127. The second-order valence-electron chi connectivity index (χ2n) is 4.85. The fraction of sp³-hybridized carbons (Fsp3) is 0.375. The van der Waals surface area contributed by atoms with Gasteiger partial charge in [-0.3, -0.25) is 0 Å². The number of guanidine groups is 1. The molecule has 23 heavy (non-hydrogen) atoms. The average molecular weight is 446 g/mol. The van der Waals surface area contributed by atoms with Gasteiger partial charge in [0.25, 0.3) is 0 Å². The number of aromatic nitrogens is 1. The molecule has 0 aliphatic carbocycles. The van der Waals surface area contributed by atoms with E-state index in [-0.39, 0.29) is 24.0 Å². The maximum atomic E-state index is 5.81. The summed E-state index contributed by atoms with van der Waals surface area (Å²) in [7, 11) is 1.66. The maximum Gasteiger partial charge on any atom is 0.188 e. The van der Waals surface area contributed by atoms with Gasteiger partial charge in [-0.1, -0.05) is 13.3 Å². The van der Waals surface area contributed by atoms with Gasteiger partial charge in [0.2, 0.25) is 0 Å². The second kappa shape index (κ2) is 10.4. The molecule has 7 heteroatoms. The first-order chi connectivity index (χ1) is 10.7. The predicted molar refractivity (Wildman–Crippen MR) is 108 cm³/mol. The number of methoxy groups -OCH3 is 1. The highest BCUT2D eigenvalue weighted by molar-refractivity contribution is 14.0. The van der Waals surface area contributed by atoms with Crippen molar-refractivity contribution in [2.45, 2.75) is 26.3 Å². The molecule has 0 fully saturated rings. The Bertz CT molecular complexity index is 613. The minimum absolute atomic E-state index is 0. The summed E-state index contributed by atoms with van der Waals surface area (Å²) in [4.78, 5) is 8.90. The third-order valence-electron chi connectivity index (χ3n) is 3.14. The van der Waals surface area contributed by atoms with Gasteiger partial charge in [-0.15, -0.1) is 35.3 Å². The molecule has 0 aliphatic rings. The molecule has 0 spiro atoms. The summed E-state index contributed by atoms with van der Waals surface area (Å²) in [5.74, 6) is 1.32. The van der Waals surface area contributed by atoms with Crippen molar-refractivity contribution in [2.75, 3.05) is 13.7 Å². The zero-order chi connectivity index (χ0) is 15.8. The lowest BCUT2D eigenvalue weighted by Gasteiger charge is -2.03. The number of hydrogen-bond acceptors (Lipinski definition) is 4. The minimum atomic E-state index is 0. The molecule has 0 saturated heterocycles. The molecule has 3 N–H and O–H groups in total. The number of hydrogen-bond donors (Lipinski definition) is 2. The fourth-order valence-electron chi connectivity index (χ4n) is 1.86. The molecule has 0 atom stereocenters. The number of benzene rings is 1. The molecule has 0 aliphatic heterocycles. The van der Waals surface area contributed by atoms with E-state index in [1.54, 1.807) is 18.4 Å². The monoisotopic (exact) mass is 446 g/mol. The third-order valence-corrected chi connectivity index (χ3v) is 4.08. The Labute approximate surface area is 158 Å². The van der Waals surface area contributed by atoms with Crippen LogP contribution < -0.4 is 15.8 Å². The molecule has 1 aromatic carbocycles. The lowest BCUT2D eigenvalue weighted by molar-refractivity contribution is 0.415. The molecular formula is C16H23IN4OS. The Morgan fingerprint density at radius 2 is 2.09 bits per heavy atom. The highest BCUT2D eigenvalue weighted by Gasteiger charge is 2.05. The van der Waals surface area contributed by atoms with Gasteiger partial charge in [0.05, 0.1) is 19.3 Å². The van der Waals surface area contributed by atoms with Crippen LogP contribution in [0.1, 0.15) is 25.5 Å². The number of nitrogens with zero attached hydrogens (tertiary/aromatic N) is 2. The second-order valence-corrected chi connectivity index (χ2v) is 5.71. The number of rotatable bonds is 7. The van der Waals surface area contributed by atoms with Gasteiger partial charge in [0.1, 0.15) is 10.8 Å². The van der Waals surface area contributed by atoms with Gasteiger partial charge in [0, 0.05) is 17.5 Å². The number of unbranched alkanes of at least 4 members (excludes halogenated alkanes) is 1. The van der Waals surface area contributed by atoms with E-state index in [9.17, 15) is 0 Å². The maximum absolute atomic E-state index is 5.81. The number of thiazole rings is 1. The van der Waals surface area contributed by atoms with Crippen LogP contribution in [0.2, 0.25) is 0 Å². The molecule has 2 rings (SSSR count). The number of halogens is 1. The van der Waals surface area contributed by atoms with Crippen molar-refractivity contribution in [1.82, 2.24) is 10.3 Å². The van der Waals surface area contributed by atoms with Crippen LogP contribution in [0.25, 0.3) is 10.6 Å². The molecule has 2 aromatic rings. The zero-order valence-corrected chi connectivity index (χ0v) is 16.6. The summed E-state index contributed by atoms with van der Waals surface area (Å²) >= 11 is 1.61. The van der Waals surface area contributed by atoms with Crippen LogP contribution in [0, 0.1) is 0 Å². The van der Waals surface area contributed by atoms with E-state index in [4.69, 9.17) is 10.5 Å². The normalized spacial score (nSPS) is 11.0. The summed E-state index contributed by atoms with van der Waals surface area (Å²) in [6.45, 7) is 3.50. The summed E-state index contributed by atoms with van der Waals surface area (Å²) in [6.07, 6.45) is 2.23. The number of nitrogens with one attached hydrogen (secondary N) is 1. The van der Waals surface area contributed by atoms with Gasteiger partial charge < -0.3 is 15.8 Å². The molecule has 1 heterocycles. The standard InChI is InChI=1S/C16H22N4OS.HI/c1-3-4-9-18-16(17)19-10-13-11-22-15(20-13)12-5-7-14(21-2)8-6-12;/h5-8,11H,3-4,9-10H2,1-2H3,(H3,17,18,19);1H. The average Bonchev–Trinajstić information content (AvgIpc) is 3.02. The number of ether oxygens (including phenoxy) is 1. The van der Waals surface area contributed by atoms with Gasteiger partial charge in [-0.05, 0) is 30.7 Å². The fourth-order valence-corrected chi connectivity index (χ4v) is 2.68. The number of aliphatic imine (C=N–C) groups is 1. The van der Waals surface area contributed by atoms with Crippen LogP contribution in [0.5, 0.6) is 5.75 Å². The van der Waals surface area contributed by atoms with Crippen molar-refractivity contribution in [1.29, 1.82) is 0 Å². The van der Waals surface area contributed by atoms with Crippen molar-refractivity contribution in [3.05, 3.63) is 35.3 Å². The Hall–Kier alpha value is -1.35. The molecule has 0 amide bonds. The molecule has 1 aromatic heterocycles. The Kier molecular flexibility index (Phi) is 8.93. The van der Waals surface area contributed by atoms with Gasteiger partial charge in [0.15, 0.2) is 5.96 Å². The van der Waals surface area contributed by atoms with Crippen LogP contribution in [-0.4, -0.2) is 24.6 Å².